The summed E-state index contributed by atoms with van der Waals surface area (Å²) in [6, 6.07) is 13.4. The number of hydrogen-bond acceptors (Lipinski definition) is 4. The van der Waals surface area contributed by atoms with E-state index in [2.05, 4.69) is 10.1 Å². The molecule has 5 nitrogen and oxygen atoms in total. The van der Waals surface area contributed by atoms with Gasteiger partial charge in [0.15, 0.2) is 0 Å². The van der Waals surface area contributed by atoms with Crippen molar-refractivity contribution in [2.75, 3.05) is 0 Å². The third-order valence-electron chi connectivity index (χ3n) is 3.44. The lowest BCUT2D eigenvalue weighted by molar-refractivity contribution is 0.302. The van der Waals surface area contributed by atoms with Gasteiger partial charge in [-0.25, -0.2) is 4.98 Å². The number of nitrogens with zero attached hydrogens (tertiary/aromatic N) is 3. The fourth-order valence-corrected chi connectivity index (χ4v) is 2.29. The summed E-state index contributed by atoms with van der Waals surface area (Å²) in [4.78, 5) is 4.49. The van der Waals surface area contributed by atoms with Crippen LogP contribution in [0.4, 0.5) is 0 Å². The summed E-state index contributed by atoms with van der Waals surface area (Å²) < 4.78 is 7.71. The van der Waals surface area contributed by atoms with Crippen LogP contribution < -0.4 is 4.74 Å². The van der Waals surface area contributed by atoms with Crippen LogP contribution in [0.15, 0.2) is 60.0 Å². The van der Waals surface area contributed by atoms with Gasteiger partial charge < -0.3 is 14.3 Å². The Morgan fingerprint density at radius 1 is 1.23 bits per heavy atom. The monoisotopic (exact) mass is 295 g/mol. The molecule has 0 aliphatic carbocycles. The number of ether oxygens (including phenoxy) is 1. The van der Waals surface area contributed by atoms with Crippen molar-refractivity contribution in [1.82, 2.24) is 9.38 Å². The highest BCUT2D eigenvalue weighted by Gasteiger charge is 2.04. The van der Waals surface area contributed by atoms with Gasteiger partial charge in [-0.2, -0.15) is 0 Å². The predicted molar refractivity (Wildman–Crippen MR) is 84.6 cm³/mol. The lowest BCUT2D eigenvalue weighted by Crippen LogP contribution is -1.99. The second kappa shape index (κ2) is 6.30. The maximum atomic E-state index is 8.92. The first-order valence-corrected chi connectivity index (χ1v) is 7.17. The molecular formula is C17H17N3O2. The average Bonchev–Trinajstić information content (AvgIpc) is 2.98. The molecular weight excluding hydrogens is 278 g/mol. The molecule has 5 heteroatoms. The number of rotatable bonds is 5. The predicted octanol–water partition coefficient (Wildman–Crippen LogP) is 3.50. The molecule has 2 aromatic heterocycles. The Bertz CT molecular complexity index is 758. The second-order valence-corrected chi connectivity index (χ2v) is 4.91. The van der Waals surface area contributed by atoms with E-state index >= 15 is 0 Å². The van der Waals surface area contributed by atoms with Crippen LogP contribution in [0.1, 0.15) is 24.6 Å². The largest absolute Gasteiger partial charge is 0.487 e. The molecule has 0 aliphatic heterocycles. The molecule has 3 aromatic rings. The van der Waals surface area contributed by atoms with Gasteiger partial charge in [-0.1, -0.05) is 18.1 Å². The minimum atomic E-state index is 0.412. The van der Waals surface area contributed by atoms with Crippen molar-refractivity contribution in [3.8, 4) is 5.75 Å². The molecule has 0 bridgehead atoms. The van der Waals surface area contributed by atoms with E-state index in [4.69, 9.17) is 9.94 Å². The molecule has 2 heterocycles. The second-order valence-electron chi connectivity index (χ2n) is 4.91. The zero-order chi connectivity index (χ0) is 15.4. The Labute approximate surface area is 128 Å². The van der Waals surface area contributed by atoms with Gasteiger partial charge in [0.25, 0.3) is 0 Å². The zero-order valence-corrected chi connectivity index (χ0v) is 12.3. The summed E-state index contributed by atoms with van der Waals surface area (Å²) >= 11 is 0. The van der Waals surface area contributed by atoms with Crippen LogP contribution in [0.3, 0.4) is 0 Å². The molecule has 0 aliphatic rings. The van der Waals surface area contributed by atoms with Crippen LogP contribution >= 0.6 is 0 Å². The minimum absolute atomic E-state index is 0.412. The molecule has 0 fully saturated rings. The van der Waals surface area contributed by atoms with Gasteiger partial charge >= 0.3 is 0 Å². The zero-order valence-electron chi connectivity index (χ0n) is 12.3. The Hall–Kier alpha value is -2.82. The first-order valence-electron chi connectivity index (χ1n) is 7.17. The Morgan fingerprint density at radius 2 is 2.05 bits per heavy atom. The van der Waals surface area contributed by atoms with E-state index in [9.17, 15) is 0 Å². The molecule has 0 radical (unpaired) electrons. The van der Waals surface area contributed by atoms with E-state index in [0.29, 0.717) is 18.7 Å². The van der Waals surface area contributed by atoms with Gasteiger partial charge in [-0.15, -0.1) is 0 Å². The Morgan fingerprint density at radius 3 is 2.73 bits per heavy atom. The molecule has 0 saturated carbocycles. The normalized spacial score (nSPS) is 11.8. The third-order valence-corrected chi connectivity index (χ3v) is 3.44. The van der Waals surface area contributed by atoms with Crippen molar-refractivity contribution < 1.29 is 9.94 Å². The molecule has 1 N–H and O–H groups in total. The molecule has 0 saturated heterocycles. The SMILES string of the molecule is CC/C(=N\O)c1ccc(OCc2cn3ccccc3n2)cc1. The van der Waals surface area contributed by atoms with Gasteiger partial charge in [0.1, 0.15) is 18.0 Å². The van der Waals surface area contributed by atoms with E-state index < -0.39 is 0 Å². The Kier molecular flexibility index (Phi) is 4.05. The van der Waals surface area contributed by atoms with Gasteiger partial charge in [0, 0.05) is 12.4 Å². The highest BCUT2D eigenvalue weighted by Crippen LogP contribution is 2.16. The molecule has 0 unspecified atom stereocenters. The van der Waals surface area contributed by atoms with Crippen molar-refractivity contribution in [2.24, 2.45) is 5.16 Å². The molecule has 0 amide bonds. The van der Waals surface area contributed by atoms with Gasteiger partial charge in [0.05, 0.1) is 11.4 Å². The van der Waals surface area contributed by atoms with Crippen molar-refractivity contribution in [1.29, 1.82) is 0 Å². The van der Waals surface area contributed by atoms with E-state index in [1.807, 2.05) is 66.2 Å². The summed E-state index contributed by atoms with van der Waals surface area (Å²) in [6.07, 6.45) is 4.59. The molecule has 22 heavy (non-hydrogen) atoms. The van der Waals surface area contributed by atoms with Crippen LogP contribution in [0.5, 0.6) is 5.75 Å². The summed E-state index contributed by atoms with van der Waals surface area (Å²) in [5, 5.41) is 12.2. The first-order chi connectivity index (χ1) is 10.8. The van der Waals surface area contributed by atoms with Crippen molar-refractivity contribution in [3.63, 3.8) is 0 Å². The number of pyridine rings is 1. The van der Waals surface area contributed by atoms with Crippen molar-refractivity contribution in [2.45, 2.75) is 20.0 Å². The highest BCUT2D eigenvalue weighted by molar-refractivity contribution is 6.00. The summed E-state index contributed by atoms with van der Waals surface area (Å²) in [5.41, 5.74) is 3.33. The smallest absolute Gasteiger partial charge is 0.137 e. The number of fused-ring (bicyclic) bond motifs is 1. The van der Waals surface area contributed by atoms with E-state index in [1.54, 1.807) is 0 Å². The topological polar surface area (TPSA) is 59.1 Å². The standard InChI is InChI=1S/C17H17N3O2/c1-2-16(19-21)13-6-8-15(9-7-13)22-12-14-11-20-10-4-3-5-17(20)18-14/h3-11,21H,2,12H2,1H3/b19-16+. The number of oxime groups is 1. The van der Waals surface area contributed by atoms with Crippen LogP contribution in [-0.2, 0) is 6.61 Å². The van der Waals surface area contributed by atoms with Crippen molar-refractivity contribution >= 4 is 11.4 Å². The van der Waals surface area contributed by atoms with Gasteiger partial charge in [-0.05, 0) is 48.4 Å². The van der Waals surface area contributed by atoms with Gasteiger partial charge in [0.2, 0.25) is 0 Å². The highest BCUT2D eigenvalue weighted by atomic mass is 16.5. The van der Waals surface area contributed by atoms with Crippen molar-refractivity contribution in [3.05, 3.63) is 66.1 Å². The molecule has 1 aromatic carbocycles. The molecule has 3 rings (SSSR count). The van der Waals surface area contributed by atoms with E-state index in [1.165, 1.54) is 0 Å². The summed E-state index contributed by atoms with van der Waals surface area (Å²) in [7, 11) is 0. The molecule has 0 atom stereocenters. The van der Waals surface area contributed by atoms with E-state index in [0.717, 1.165) is 22.7 Å². The first kappa shape index (κ1) is 14.1. The van der Waals surface area contributed by atoms with Crippen LogP contribution in [-0.4, -0.2) is 20.3 Å². The molecule has 0 spiro atoms. The number of imidazole rings is 1. The van der Waals surface area contributed by atoms with Crippen LogP contribution in [0.2, 0.25) is 0 Å². The molecule has 112 valence electrons. The summed E-state index contributed by atoms with van der Waals surface area (Å²) in [5.74, 6) is 0.759. The number of benzene rings is 1. The van der Waals surface area contributed by atoms with E-state index in [-0.39, 0.29) is 0 Å². The number of hydrogen-bond donors (Lipinski definition) is 1. The van der Waals surface area contributed by atoms with Crippen LogP contribution in [0.25, 0.3) is 5.65 Å². The minimum Gasteiger partial charge on any atom is -0.487 e. The lowest BCUT2D eigenvalue weighted by atomic mass is 10.1. The fourth-order valence-electron chi connectivity index (χ4n) is 2.29. The Balaban J connectivity index is 1.68. The average molecular weight is 295 g/mol. The fraction of sp³-hybridized carbons (Fsp3) is 0.176. The van der Waals surface area contributed by atoms with Gasteiger partial charge in [-0.3, -0.25) is 0 Å². The number of aromatic nitrogens is 2. The maximum Gasteiger partial charge on any atom is 0.137 e. The maximum absolute atomic E-state index is 8.92. The van der Waals surface area contributed by atoms with Crippen LogP contribution in [0, 0.1) is 0 Å². The third kappa shape index (κ3) is 2.93. The quantitative estimate of drug-likeness (QED) is 0.445. The lowest BCUT2D eigenvalue weighted by Gasteiger charge is -2.06. The summed E-state index contributed by atoms with van der Waals surface area (Å²) in [6.45, 7) is 2.36.